The second-order valence-corrected chi connectivity index (χ2v) is 7.70. The third-order valence-electron chi connectivity index (χ3n) is 5.58. The van der Waals surface area contributed by atoms with Crippen LogP contribution in [-0.4, -0.2) is 40.7 Å². The van der Waals surface area contributed by atoms with E-state index in [0.29, 0.717) is 16.8 Å². The van der Waals surface area contributed by atoms with E-state index in [4.69, 9.17) is 10.5 Å². The number of hydrogen-bond donors (Lipinski definition) is 2. The maximum absolute atomic E-state index is 13.6. The number of anilines is 1. The molecule has 11 heteroatoms. The molecule has 0 saturated heterocycles. The second-order valence-electron chi connectivity index (χ2n) is 7.70. The predicted octanol–water partition coefficient (Wildman–Crippen LogP) is 4.40. The summed E-state index contributed by atoms with van der Waals surface area (Å²) in [5.74, 6) is -2.43. The number of alkyl halides is 3. The lowest BCUT2D eigenvalue weighted by atomic mass is 10.0. The molecule has 0 fully saturated rings. The Morgan fingerprint density at radius 2 is 1.91 bits per heavy atom. The number of fused-ring (bicyclic) bond motifs is 1. The Balaban J connectivity index is 1.59. The van der Waals surface area contributed by atoms with E-state index in [1.165, 1.54) is 30.0 Å². The number of nitrogen functional groups attached to an aromatic ring is 1. The Hall–Kier alpha value is -4.15. The fourth-order valence-corrected chi connectivity index (χ4v) is 3.78. The average molecular weight is 487 g/mol. The van der Waals surface area contributed by atoms with Gasteiger partial charge in [0.15, 0.2) is 5.82 Å². The zero-order valence-corrected chi connectivity index (χ0v) is 18.5. The summed E-state index contributed by atoms with van der Waals surface area (Å²) < 4.78 is 60.5. The number of amides is 1. The van der Waals surface area contributed by atoms with Gasteiger partial charge in [0.05, 0.1) is 24.1 Å². The van der Waals surface area contributed by atoms with Gasteiger partial charge in [-0.1, -0.05) is 12.1 Å². The number of nitrogens with one attached hydrogen (secondary N) is 1. The summed E-state index contributed by atoms with van der Waals surface area (Å²) in [5.41, 5.74) is 7.80. The molecule has 1 unspecified atom stereocenters. The molecule has 4 rings (SSSR count). The van der Waals surface area contributed by atoms with Gasteiger partial charge in [-0.15, -0.1) is 0 Å². The minimum atomic E-state index is -2.92. The zero-order valence-electron chi connectivity index (χ0n) is 18.5. The monoisotopic (exact) mass is 487 g/mol. The summed E-state index contributed by atoms with van der Waals surface area (Å²) in [6, 6.07) is 10.4. The standard InChI is InChI=1S/C24H21F4N5O2/c1-35-19-7-4-14(26)8-16(19)24(34)30-10-13-2-5-15(6-3-13)33-11-18(17(9-25)22(27)28)20-21(33)23(29)32-12-31-20/h2-8,11-12,17,22H,9-10H2,1H3,(H,30,34)(H2,29,31,32). The molecule has 3 N–H and O–H groups in total. The van der Waals surface area contributed by atoms with E-state index in [1.54, 1.807) is 24.3 Å². The number of hydrogen-bond acceptors (Lipinski definition) is 5. The lowest BCUT2D eigenvalue weighted by Gasteiger charge is -2.11. The third-order valence-corrected chi connectivity index (χ3v) is 5.58. The molecule has 182 valence electrons. The van der Waals surface area contributed by atoms with E-state index in [2.05, 4.69) is 15.3 Å². The molecule has 35 heavy (non-hydrogen) atoms. The van der Waals surface area contributed by atoms with Gasteiger partial charge >= 0.3 is 0 Å². The first kappa shape index (κ1) is 24.0. The number of benzene rings is 2. The summed E-state index contributed by atoms with van der Waals surface area (Å²) >= 11 is 0. The molecule has 0 aliphatic rings. The van der Waals surface area contributed by atoms with Crippen LogP contribution in [0.3, 0.4) is 0 Å². The Labute approximate surface area is 197 Å². The zero-order chi connectivity index (χ0) is 25.1. The summed E-state index contributed by atoms with van der Waals surface area (Å²) in [6.07, 6.45) is -0.386. The van der Waals surface area contributed by atoms with Crippen LogP contribution in [0.1, 0.15) is 27.4 Å². The lowest BCUT2D eigenvalue weighted by molar-refractivity contribution is 0.0946. The van der Waals surface area contributed by atoms with Crippen LogP contribution in [0.15, 0.2) is 55.0 Å². The lowest BCUT2D eigenvalue weighted by Crippen LogP contribution is -2.23. The van der Waals surface area contributed by atoms with Crippen molar-refractivity contribution in [2.45, 2.75) is 18.9 Å². The minimum Gasteiger partial charge on any atom is -0.496 e. The van der Waals surface area contributed by atoms with Gasteiger partial charge in [-0.25, -0.2) is 23.1 Å². The Morgan fingerprint density at radius 3 is 2.57 bits per heavy atom. The number of carbonyl (C=O) groups excluding carboxylic acids is 1. The molecule has 0 aliphatic carbocycles. The molecule has 0 bridgehead atoms. The van der Waals surface area contributed by atoms with Crippen LogP contribution in [0.2, 0.25) is 0 Å². The number of rotatable bonds is 8. The predicted molar refractivity (Wildman–Crippen MR) is 122 cm³/mol. The fourth-order valence-electron chi connectivity index (χ4n) is 3.78. The van der Waals surface area contributed by atoms with E-state index in [1.807, 2.05) is 0 Å². The van der Waals surface area contributed by atoms with Crippen molar-refractivity contribution in [3.8, 4) is 11.4 Å². The number of methoxy groups -OCH3 is 1. The third kappa shape index (κ3) is 4.75. The van der Waals surface area contributed by atoms with Gasteiger partial charge in [0.2, 0.25) is 6.43 Å². The average Bonchev–Trinajstić information content (AvgIpc) is 3.23. The van der Waals surface area contributed by atoms with Gasteiger partial charge in [0.1, 0.15) is 30.1 Å². The van der Waals surface area contributed by atoms with Crippen LogP contribution >= 0.6 is 0 Å². The number of nitrogens with two attached hydrogens (primary N) is 1. The van der Waals surface area contributed by atoms with Crippen molar-refractivity contribution in [1.82, 2.24) is 19.9 Å². The molecular weight excluding hydrogens is 466 g/mol. The molecule has 2 aromatic carbocycles. The second kappa shape index (κ2) is 10.00. The fraction of sp³-hybridized carbons (Fsp3) is 0.208. The summed E-state index contributed by atoms with van der Waals surface area (Å²) in [6.45, 7) is -1.12. The normalized spacial score (nSPS) is 12.2. The quantitative estimate of drug-likeness (QED) is 0.360. The van der Waals surface area contributed by atoms with Crippen LogP contribution in [-0.2, 0) is 6.54 Å². The molecule has 2 heterocycles. The van der Waals surface area contributed by atoms with Gasteiger partial charge in [-0.05, 0) is 35.9 Å². The largest absolute Gasteiger partial charge is 0.496 e. The van der Waals surface area contributed by atoms with Crippen LogP contribution in [0.5, 0.6) is 5.75 Å². The van der Waals surface area contributed by atoms with Gasteiger partial charge in [0, 0.05) is 24.0 Å². The van der Waals surface area contributed by atoms with Gasteiger partial charge in [-0.3, -0.25) is 9.18 Å². The molecule has 0 aliphatic heterocycles. The highest BCUT2D eigenvalue weighted by Gasteiger charge is 2.28. The molecular formula is C24H21F4N5O2. The highest BCUT2D eigenvalue weighted by Crippen LogP contribution is 2.34. The van der Waals surface area contributed by atoms with Crippen molar-refractivity contribution >= 4 is 22.8 Å². The van der Waals surface area contributed by atoms with E-state index < -0.39 is 30.7 Å². The Morgan fingerprint density at radius 1 is 1.17 bits per heavy atom. The van der Waals surface area contributed by atoms with Crippen molar-refractivity contribution < 1.29 is 27.1 Å². The van der Waals surface area contributed by atoms with E-state index in [-0.39, 0.29) is 34.8 Å². The van der Waals surface area contributed by atoms with Crippen LogP contribution in [0.4, 0.5) is 23.4 Å². The van der Waals surface area contributed by atoms with Crippen molar-refractivity contribution in [3.05, 3.63) is 77.5 Å². The van der Waals surface area contributed by atoms with E-state index in [0.717, 1.165) is 12.4 Å². The summed E-state index contributed by atoms with van der Waals surface area (Å²) in [5, 5.41) is 2.70. The Kier molecular flexibility index (Phi) is 6.85. The SMILES string of the molecule is COc1ccc(F)cc1C(=O)NCc1ccc(-n2cc(C(CF)C(F)F)c3ncnc(N)c32)cc1. The summed E-state index contributed by atoms with van der Waals surface area (Å²) in [7, 11) is 1.38. The van der Waals surface area contributed by atoms with Gasteiger partial charge < -0.3 is 20.4 Å². The van der Waals surface area contributed by atoms with Crippen molar-refractivity contribution in [1.29, 1.82) is 0 Å². The topological polar surface area (TPSA) is 95.1 Å². The number of carbonyl (C=O) groups is 1. The molecule has 0 saturated carbocycles. The molecule has 2 aromatic heterocycles. The van der Waals surface area contributed by atoms with Gasteiger partial charge in [0.25, 0.3) is 5.91 Å². The molecule has 1 atom stereocenters. The minimum absolute atomic E-state index is 0.0342. The van der Waals surface area contributed by atoms with Crippen molar-refractivity contribution in [3.63, 3.8) is 0 Å². The van der Waals surface area contributed by atoms with Crippen molar-refractivity contribution in [2.24, 2.45) is 0 Å². The molecule has 7 nitrogen and oxygen atoms in total. The highest BCUT2D eigenvalue weighted by molar-refractivity contribution is 5.97. The van der Waals surface area contributed by atoms with E-state index >= 15 is 0 Å². The Bertz CT molecular complexity index is 1360. The summed E-state index contributed by atoms with van der Waals surface area (Å²) in [4.78, 5) is 20.5. The number of aromatic nitrogens is 3. The molecule has 0 spiro atoms. The first-order valence-corrected chi connectivity index (χ1v) is 10.5. The number of nitrogens with zero attached hydrogens (tertiary/aromatic N) is 3. The van der Waals surface area contributed by atoms with Crippen molar-refractivity contribution in [2.75, 3.05) is 19.5 Å². The van der Waals surface area contributed by atoms with Crippen LogP contribution in [0, 0.1) is 5.82 Å². The first-order valence-electron chi connectivity index (χ1n) is 10.5. The number of ether oxygens (including phenoxy) is 1. The smallest absolute Gasteiger partial charge is 0.255 e. The number of halogens is 4. The highest BCUT2D eigenvalue weighted by atomic mass is 19.3. The molecule has 1 amide bonds. The molecule has 0 radical (unpaired) electrons. The van der Waals surface area contributed by atoms with E-state index in [9.17, 15) is 22.4 Å². The molecule has 4 aromatic rings. The maximum atomic E-state index is 13.6. The van der Waals surface area contributed by atoms with Crippen LogP contribution in [0.25, 0.3) is 16.7 Å². The maximum Gasteiger partial charge on any atom is 0.255 e. The van der Waals surface area contributed by atoms with Gasteiger partial charge in [-0.2, -0.15) is 0 Å². The first-order chi connectivity index (χ1) is 16.8. The van der Waals surface area contributed by atoms with Crippen LogP contribution < -0.4 is 15.8 Å².